The van der Waals surface area contributed by atoms with E-state index >= 15 is 0 Å². The number of methoxy groups -OCH3 is 1. The summed E-state index contributed by atoms with van der Waals surface area (Å²) in [6.07, 6.45) is 2.54. The van der Waals surface area contributed by atoms with Gasteiger partial charge in [0.25, 0.3) is 0 Å². The number of hydrogen-bond donors (Lipinski definition) is 4. The number of ether oxygens (including phenoxy) is 1. The first-order valence-electron chi connectivity index (χ1n) is 10.7. The molecule has 0 saturated heterocycles. The molecule has 8 heteroatoms. The molecule has 2 unspecified atom stereocenters. The Bertz CT molecular complexity index is 1180. The highest BCUT2D eigenvalue weighted by Crippen LogP contribution is 2.47. The zero-order valence-electron chi connectivity index (χ0n) is 19.4. The fourth-order valence-corrected chi connectivity index (χ4v) is 5.17. The Morgan fingerprint density at radius 3 is 2.41 bits per heavy atom. The molecule has 0 saturated carbocycles. The molecule has 0 radical (unpaired) electrons. The molecule has 0 spiro atoms. The minimum absolute atomic E-state index is 0.142. The average molecular weight is 472 g/mol. The monoisotopic (exact) mass is 471 g/mol. The zero-order valence-corrected chi connectivity index (χ0v) is 21.1. The van der Waals surface area contributed by atoms with Crippen molar-refractivity contribution in [3.8, 4) is 11.7 Å². The predicted molar refractivity (Wildman–Crippen MR) is 133 cm³/mol. The maximum Gasteiger partial charge on any atom is 0.402 e. The second kappa shape index (κ2) is 7.78. The molecule has 4 rings (SSSR count). The number of nitrogens with zero attached hydrogens (tertiary/aromatic N) is 2. The molecule has 2 atom stereocenters. The maximum atomic E-state index is 13.0. The van der Waals surface area contributed by atoms with Gasteiger partial charge in [-0.3, -0.25) is 4.79 Å². The van der Waals surface area contributed by atoms with Crippen molar-refractivity contribution in [2.24, 2.45) is 5.73 Å². The van der Waals surface area contributed by atoms with Gasteiger partial charge in [-0.05, 0) is 57.9 Å². The Morgan fingerprint density at radius 2 is 1.81 bits per heavy atom. The van der Waals surface area contributed by atoms with Crippen LogP contribution in [0.5, 0.6) is 5.75 Å². The minimum Gasteiger partial charge on any atom is -0.496 e. The largest absolute Gasteiger partial charge is 0.496 e. The number of fused-ring (bicyclic) bond motifs is 2. The van der Waals surface area contributed by atoms with E-state index in [9.17, 15) is 4.79 Å². The van der Waals surface area contributed by atoms with Crippen LogP contribution < -0.4 is 15.0 Å². The Kier molecular flexibility index (Phi) is 5.63. The fourth-order valence-electron chi connectivity index (χ4n) is 4.89. The lowest BCUT2D eigenvalue weighted by Crippen LogP contribution is -2.40. The Labute approximate surface area is 199 Å². The third-order valence-corrected chi connectivity index (χ3v) is 7.90. The van der Waals surface area contributed by atoms with E-state index in [2.05, 4.69) is 42.4 Å². The molecule has 32 heavy (non-hydrogen) atoms. The number of ketones is 1. The van der Waals surface area contributed by atoms with Crippen molar-refractivity contribution in [3.05, 3.63) is 46.8 Å². The second-order valence-electron chi connectivity index (χ2n) is 9.64. The molecule has 2 heterocycles. The van der Waals surface area contributed by atoms with Gasteiger partial charge < -0.3 is 10.5 Å². The number of pyridine rings is 1. The van der Waals surface area contributed by atoms with Gasteiger partial charge in [0.15, 0.2) is 11.3 Å². The van der Waals surface area contributed by atoms with E-state index in [4.69, 9.17) is 15.5 Å². The number of aromatic amines is 1. The van der Waals surface area contributed by atoms with Gasteiger partial charge >= 0.3 is 5.95 Å². The minimum atomic E-state index is -0.539. The third-order valence-electron chi connectivity index (χ3n) is 6.80. The highest BCUT2D eigenvalue weighted by Gasteiger charge is 2.50. The summed E-state index contributed by atoms with van der Waals surface area (Å²) in [5, 5.41) is -0.505. The number of H-pyrrole nitrogens is 1. The van der Waals surface area contributed by atoms with Crippen molar-refractivity contribution in [3.63, 3.8) is 0 Å². The molecule has 0 amide bonds. The summed E-state index contributed by atoms with van der Waals surface area (Å²) < 4.78 is 7.55. The van der Waals surface area contributed by atoms with Crippen LogP contribution in [0.1, 0.15) is 50.1 Å². The summed E-state index contributed by atoms with van der Waals surface area (Å²) in [5.41, 5.74) is 10.7. The van der Waals surface area contributed by atoms with Crippen molar-refractivity contribution in [2.45, 2.75) is 62.5 Å². The van der Waals surface area contributed by atoms with Crippen molar-refractivity contribution in [1.82, 2.24) is 9.97 Å². The zero-order chi connectivity index (χ0) is 23.6. The van der Waals surface area contributed by atoms with Crippen LogP contribution in [0, 0.1) is 6.92 Å². The van der Waals surface area contributed by atoms with Crippen LogP contribution in [0.15, 0.2) is 24.4 Å². The summed E-state index contributed by atoms with van der Waals surface area (Å²) in [4.78, 5) is 21.4. The van der Waals surface area contributed by atoms with E-state index in [1.165, 1.54) is 0 Å². The van der Waals surface area contributed by atoms with Crippen LogP contribution in [0.3, 0.4) is 0 Å². The fraction of sp³-hybridized carbons (Fsp3) is 0.458. The van der Waals surface area contributed by atoms with Gasteiger partial charge in [0.2, 0.25) is 0 Å². The highest BCUT2D eigenvalue weighted by atomic mass is 32.1. The van der Waals surface area contributed by atoms with Crippen LogP contribution in [0.2, 0.25) is 0 Å². The number of Topliss-reactive ketones (excluding diaryl/α,β-unsaturated/α-hetero) is 1. The molecule has 2 aromatic heterocycles. The van der Waals surface area contributed by atoms with E-state index < -0.39 is 10.8 Å². The molecule has 1 aliphatic rings. The normalized spacial score (nSPS) is 18.6. The van der Waals surface area contributed by atoms with Crippen LogP contribution in [0.25, 0.3) is 17.0 Å². The quantitative estimate of drug-likeness (QED) is 0.261. The van der Waals surface area contributed by atoms with Gasteiger partial charge in [0.05, 0.1) is 24.4 Å². The number of benzene rings is 1. The lowest BCUT2D eigenvalue weighted by molar-refractivity contribution is -0.612. The number of thiol groups is 2. The van der Waals surface area contributed by atoms with Crippen molar-refractivity contribution < 1.29 is 14.1 Å². The molecule has 1 aromatic carbocycles. The first kappa shape index (κ1) is 23.1. The highest BCUT2D eigenvalue weighted by molar-refractivity contribution is 7.85. The van der Waals surface area contributed by atoms with Gasteiger partial charge in [-0.1, -0.05) is 4.98 Å². The molecule has 0 fully saturated rings. The van der Waals surface area contributed by atoms with E-state index in [0.29, 0.717) is 12.4 Å². The Morgan fingerprint density at radius 1 is 1.19 bits per heavy atom. The summed E-state index contributed by atoms with van der Waals surface area (Å²) in [6.45, 7) is 10.0. The van der Waals surface area contributed by atoms with E-state index in [1.807, 2.05) is 51.4 Å². The van der Waals surface area contributed by atoms with Gasteiger partial charge in [0.1, 0.15) is 11.3 Å². The van der Waals surface area contributed by atoms with Gasteiger partial charge in [-0.2, -0.15) is 25.3 Å². The number of aromatic nitrogens is 3. The molecule has 0 bridgehead atoms. The molecule has 3 N–H and O–H groups in total. The first-order valence-corrected chi connectivity index (χ1v) is 11.7. The van der Waals surface area contributed by atoms with E-state index in [0.717, 1.165) is 39.2 Å². The Balaban J connectivity index is 1.89. The van der Waals surface area contributed by atoms with Crippen LogP contribution in [0.4, 0.5) is 0 Å². The molecular formula is C24H31N4O2S2+. The third kappa shape index (κ3) is 3.43. The number of nitrogens with one attached hydrogen (secondary N) is 1. The number of nitrogens with two attached hydrogens (primary N) is 1. The topological polar surface area (TPSA) is 84.9 Å². The summed E-state index contributed by atoms with van der Waals surface area (Å²) >= 11 is 8.99. The van der Waals surface area contributed by atoms with Crippen LogP contribution >= 0.6 is 25.3 Å². The van der Waals surface area contributed by atoms with Crippen molar-refractivity contribution in [2.75, 3.05) is 7.11 Å². The van der Waals surface area contributed by atoms with E-state index in [1.54, 1.807) is 7.11 Å². The summed E-state index contributed by atoms with van der Waals surface area (Å²) in [7, 11) is 1.66. The molecule has 1 aliphatic carbocycles. The standard InChI is InChI=1S/C24H30N4O2S2/c1-12-17(11-19(31)20(25)32)28(8-7-18(12)30-6)22-26-15-9-13-14(10-16(15)27-22)24(4,5)21(29)23(13,2)3/h7-10,19-20H,11,25H2,1-6H3,(H2-,26,27,31,32)/p+1. The molecular weight excluding hydrogens is 440 g/mol. The van der Waals surface area contributed by atoms with E-state index in [-0.39, 0.29) is 16.4 Å². The van der Waals surface area contributed by atoms with Gasteiger partial charge in [0, 0.05) is 34.1 Å². The van der Waals surface area contributed by atoms with Crippen LogP contribution in [-0.2, 0) is 22.0 Å². The summed E-state index contributed by atoms with van der Waals surface area (Å²) in [5.74, 6) is 1.72. The van der Waals surface area contributed by atoms with Gasteiger partial charge in [-0.15, -0.1) is 0 Å². The number of imidazole rings is 1. The lowest BCUT2D eigenvalue weighted by Gasteiger charge is -2.21. The first-order chi connectivity index (χ1) is 14.9. The summed E-state index contributed by atoms with van der Waals surface area (Å²) in [6, 6.07) is 6.06. The Hall–Kier alpha value is -2.03. The van der Waals surface area contributed by atoms with Gasteiger partial charge in [-0.25, -0.2) is 9.55 Å². The smallest absolute Gasteiger partial charge is 0.402 e. The SMILES string of the molecule is COc1cc[n+](-c2nc3cc4c(cc3[nH]2)C(C)(C)C(=O)C4(C)C)c(CC(S)C(N)S)c1C. The number of hydrogen-bond acceptors (Lipinski definition) is 6. The molecule has 6 nitrogen and oxygen atoms in total. The van der Waals surface area contributed by atoms with Crippen molar-refractivity contribution in [1.29, 1.82) is 0 Å². The van der Waals surface area contributed by atoms with Crippen LogP contribution in [-0.4, -0.2) is 33.5 Å². The number of rotatable bonds is 5. The predicted octanol–water partition coefficient (Wildman–Crippen LogP) is 3.35. The lowest BCUT2D eigenvalue weighted by atomic mass is 9.80. The number of carbonyl (C=O) groups is 1. The number of carbonyl (C=O) groups excluding carboxylic acids is 1. The molecule has 170 valence electrons. The molecule has 3 aromatic rings. The maximum absolute atomic E-state index is 13.0. The second-order valence-corrected chi connectivity index (χ2v) is 10.9. The molecule has 0 aliphatic heterocycles. The average Bonchev–Trinajstić information content (AvgIpc) is 3.20. The van der Waals surface area contributed by atoms with Crippen molar-refractivity contribution >= 4 is 42.1 Å².